The summed E-state index contributed by atoms with van der Waals surface area (Å²) in [5.41, 5.74) is 1.89. The van der Waals surface area contributed by atoms with E-state index in [0.29, 0.717) is 5.16 Å². The van der Waals surface area contributed by atoms with Crippen molar-refractivity contribution in [2.24, 2.45) is 7.05 Å². The fourth-order valence-corrected chi connectivity index (χ4v) is 2.51. The van der Waals surface area contributed by atoms with Crippen molar-refractivity contribution < 1.29 is 14.5 Å². The number of carbonyl (C=O) groups excluding carboxylic acids is 1. The van der Waals surface area contributed by atoms with E-state index in [1.807, 2.05) is 49.7 Å². The first kappa shape index (κ1) is 14.5. The molecule has 0 radical (unpaired) electrons. The van der Waals surface area contributed by atoms with Crippen LogP contribution in [0.3, 0.4) is 0 Å². The summed E-state index contributed by atoms with van der Waals surface area (Å²) in [7, 11) is 1.85. The molecule has 0 amide bonds. The van der Waals surface area contributed by atoms with Gasteiger partial charge in [0.15, 0.2) is 5.16 Å². The Morgan fingerprint density at radius 1 is 1.45 bits per heavy atom. The third-order valence-electron chi connectivity index (χ3n) is 3.41. The minimum absolute atomic E-state index is 0.0185. The first-order valence-corrected chi connectivity index (χ1v) is 6.74. The number of aliphatic carboxylic acids is 1. The van der Waals surface area contributed by atoms with E-state index in [4.69, 9.17) is 12.6 Å². The summed E-state index contributed by atoms with van der Waals surface area (Å²) < 4.78 is 3.61. The minimum Gasteiger partial charge on any atom is -0.702 e. The van der Waals surface area contributed by atoms with Gasteiger partial charge in [0.1, 0.15) is 5.69 Å². The minimum atomic E-state index is -1.04. The fourth-order valence-electron chi connectivity index (χ4n) is 2.15. The van der Waals surface area contributed by atoms with E-state index in [1.54, 1.807) is 4.68 Å². The zero-order chi connectivity index (χ0) is 14.9. The topological polar surface area (TPSA) is 61.8 Å². The first-order valence-electron chi connectivity index (χ1n) is 6.33. The van der Waals surface area contributed by atoms with Crippen LogP contribution in [-0.4, -0.2) is 15.7 Å². The van der Waals surface area contributed by atoms with Crippen molar-refractivity contribution in [2.45, 2.75) is 31.3 Å². The van der Waals surface area contributed by atoms with Crippen LogP contribution in [0.2, 0.25) is 0 Å². The molecule has 2 aromatic rings. The summed E-state index contributed by atoms with van der Waals surface area (Å²) in [6, 6.07) is 7.67. The van der Waals surface area contributed by atoms with Crippen LogP contribution in [0.5, 0.6) is 0 Å². The van der Waals surface area contributed by atoms with Crippen molar-refractivity contribution in [1.29, 1.82) is 0 Å². The van der Waals surface area contributed by atoms with Gasteiger partial charge in [-0.15, -0.1) is 4.68 Å². The summed E-state index contributed by atoms with van der Waals surface area (Å²) in [6.45, 7) is 3.81. The van der Waals surface area contributed by atoms with Crippen LogP contribution in [0, 0.1) is 6.92 Å². The molecule has 0 aliphatic carbocycles. The second-order valence-electron chi connectivity index (χ2n) is 4.86. The zero-order valence-electron chi connectivity index (χ0n) is 11.7. The Kier molecular flexibility index (Phi) is 4.04. The third-order valence-corrected chi connectivity index (χ3v) is 3.68. The lowest BCUT2D eigenvalue weighted by atomic mass is 9.98. The predicted molar refractivity (Wildman–Crippen MR) is 73.1 cm³/mol. The normalized spacial score (nSPS) is 12.3. The third kappa shape index (κ3) is 2.80. The molecular weight excluding hydrogens is 274 g/mol. The molecule has 106 valence electrons. The van der Waals surface area contributed by atoms with Gasteiger partial charge in [-0.1, -0.05) is 19.1 Å². The van der Waals surface area contributed by atoms with Crippen LogP contribution in [0.1, 0.15) is 30.7 Å². The molecular formula is C14H16N3O2S-. The molecule has 6 heteroatoms. The number of nitrogens with zero attached hydrogens (tertiary/aromatic N) is 3. The zero-order valence-corrected chi connectivity index (χ0v) is 12.5. The van der Waals surface area contributed by atoms with E-state index in [0.717, 1.165) is 17.1 Å². The Morgan fingerprint density at radius 3 is 2.50 bits per heavy atom. The summed E-state index contributed by atoms with van der Waals surface area (Å²) in [4.78, 5) is 10.6. The lowest BCUT2D eigenvalue weighted by molar-refractivity contribution is -0.643. The average Bonchev–Trinajstić information content (AvgIpc) is 2.63. The smallest absolute Gasteiger partial charge is 0.236 e. The molecule has 2 rings (SSSR count). The quantitative estimate of drug-likeness (QED) is 0.594. The number of aryl methyl sites for hydroxylation is 1. The van der Waals surface area contributed by atoms with E-state index < -0.39 is 5.97 Å². The fraction of sp³-hybridized carbons (Fsp3) is 0.357. The van der Waals surface area contributed by atoms with Gasteiger partial charge in [0.05, 0.1) is 7.05 Å². The predicted octanol–water partition coefficient (Wildman–Crippen LogP) is 0.155. The molecule has 0 spiro atoms. The van der Waals surface area contributed by atoms with E-state index in [9.17, 15) is 9.90 Å². The summed E-state index contributed by atoms with van der Waals surface area (Å²) >= 11 is 5.23. The van der Waals surface area contributed by atoms with Crippen molar-refractivity contribution in [3.05, 3.63) is 35.7 Å². The van der Waals surface area contributed by atoms with E-state index in [2.05, 4.69) is 5.10 Å². The van der Waals surface area contributed by atoms with Crippen LogP contribution in [-0.2, 0) is 24.5 Å². The van der Waals surface area contributed by atoms with Crippen molar-refractivity contribution in [1.82, 2.24) is 9.78 Å². The maximum absolute atomic E-state index is 10.6. The molecule has 1 aromatic heterocycles. The second-order valence-corrected chi connectivity index (χ2v) is 5.22. The number of hydrogen-bond donors (Lipinski definition) is 0. The highest BCUT2D eigenvalue weighted by molar-refractivity contribution is 7.58. The van der Waals surface area contributed by atoms with E-state index >= 15 is 0 Å². The lowest BCUT2D eigenvalue weighted by Gasteiger charge is -2.13. The SMILES string of the molecule is Cc1n(C)nc([S-])[n+]1-c1ccc(C(C)CC(=O)[O-])cc1. The summed E-state index contributed by atoms with van der Waals surface area (Å²) in [5, 5.41) is 15.3. The van der Waals surface area contributed by atoms with Gasteiger partial charge in [0, 0.05) is 18.0 Å². The van der Waals surface area contributed by atoms with Gasteiger partial charge in [-0.25, -0.2) is 4.57 Å². The van der Waals surface area contributed by atoms with Crippen LogP contribution in [0.15, 0.2) is 29.4 Å². The average molecular weight is 290 g/mol. The maximum atomic E-state index is 10.6. The highest BCUT2D eigenvalue weighted by Crippen LogP contribution is 2.19. The van der Waals surface area contributed by atoms with Gasteiger partial charge < -0.3 is 22.5 Å². The van der Waals surface area contributed by atoms with Gasteiger partial charge >= 0.3 is 0 Å². The monoisotopic (exact) mass is 290 g/mol. The van der Waals surface area contributed by atoms with Gasteiger partial charge in [-0.05, 0) is 30.0 Å². The number of benzene rings is 1. The largest absolute Gasteiger partial charge is 0.702 e. The maximum Gasteiger partial charge on any atom is 0.236 e. The molecule has 1 atom stereocenters. The Labute approximate surface area is 123 Å². The molecule has 0 aliphatic rings. The molecule has 0 aliphatic heterocycles. The van der Waals surface area contributed by atoms with Crippen molar-refractivity contribution in [3.8, 4) is 5.69 Å². The van der Waals surface area contributed by atoms with Gasteiger partial charge in [0.2, 0.25) is 5.82 Å². The molecule has 0 fully saturated rings. The summed E-state index contributed by atoms with van der Waals surface area (Å²) in [6.07, 6.45) is 0.0185. The van der Waals surface area contributed by atoms with E-state index in [1.165, 1.54) is 0 Å². The number of carboxylic acids is 1. The van der Waals surface area contributed by atoms with Crippen LogP contribution in [0.25, 0.3) is 5.69 Å². The standard InChI is InChI=1S/C14H17N3O2S/c1-9(8-13(18)19)11-4-6-12(7-5-11)17-10(2)16(3)15-14(17)20/h4-7,9H,8H2,1-3H3,(H-,15,18,19,20)/p-1. The Morgan fingerprint density at radius 2 is 2.05 bits per heavy atom. The molecule has 20 heavy (non-hydrogen) atoms. The number of rotatable bonds is 4. The molecule has 0 bridgehead atoms. The highest BCUT2D eigenvalue weighted by atomic mass is 32.1. The number of aromatic nitrogens is 3. The van der Waals surface area contributed by atoms with Crippen LogP contribution >= 0.6 is 0 Å². The van der Waals surface area contributed by atoms with Crippen molar-refractivity contribution >= 4 is 18.6 Å². The Bertz CT molecular complexity index is 635. The highest BCUT2D eigenvalue weighted by Gasteiger charge is 2.14. The van der Waals surface area contributed by atoms with Crippen molar-refractivity contribution in [2.75, 3.05) is 0 Å². The Balaban J connectivity index is 2.30. The van der Waals surface area contributed by atoms with Gasteiger partial charge in [-0.3, -0.25) is 0 Å². The second kappa shape index (κ2) is 5.58. The molecule has 1 unspecified atom stereocenters. The molecule has 0 saturated carbocycles. The van der Waals surface area contributed by atoms with E-state index in [-0.39, 0.29) is 12.3 Å². The molecule has 5 nitrogen and oxygen atoms in total. The van der Waals surface area contributed by atoms with Crippen LogP contribution in [0.4, 0.5) is 0 Å². The first-order chi connectivity index (χ1) is 9.40. The number of carboxylic acid groups (broad SMARTS) is 1. The van der Waals surface area contributed by atoms with Crippen molar-refractivity contribution in [3.63, 3.8) is 0 Å². The number of hydrogen-bond acceptors (Lipinski definition) is 4. The molecule has 0 saturated heterocycles. The molecule has 1 aromatic carbocycles. The Hall–Kier alpha value is -1.95. The number of carbonyl (C=O) groups is 1. The van der Waals surface area contributed by atoms with Gasteiger partial charge in [-0.2, -0.15) is 0 Å². The summed E-state index contributed by atoms with van der Waals surface area (Å²) in [5.74, 6) is -0.172. The lowest BCUT2D eigenvalue weighted by Crippen LogP contribution is -2.35. The van der Waals surface area contributed by atoms with Gasteiger partial charge in [0.25, 0.3) is 0 Å². The molecule has 0 N–H and O–H groups in total. The van der Waals surface area contributed by atoms with Crippen LogP contribution < -0.4 is 9.67 Å². The molecule has 1 heterocycles.